The van der Waals surface area contributed by atoms with Crippen LogP contribution in [-0.4, -0.2) is 49.9 Å². The molecule has 5 rings (SSSR count). The Bertz CT molecular complexity index is 1470. The zero-order valence-corrected chi connectivity index (χ0v) is 20.0. The Morgan fingerprint density at radius 3 is 2.58 bits per heavy atom. The second kappa shape index (κ2) is 9.44. The Labute approximate surface area is 206 Å². The van der Waals surface area contributed by atoms with E-state index in [1.807, 2.05) is 33.8 Å². The number of aliphatic carboxylic acids is 1. The van der Waals surface area contributed by atoms with Crippen molar-refractivity contribution in [3.63, 3.8) is 0 Å². The zero-order valence-electron chi connectivity index (χ0n) is 20.0. The molecule has 1 saturated heterocycles. The lowest BCUT2D eigenvalue weighted by Crippen LogP contribution is -2.48. The van der Waals surface area contributed by atoms with Gasteiger partial charge in [-0.05, 0) is 23.8 Å². The standard InChI is InChI=1S/C26H26FN5O4/c1-16(27)36-23-6-4-3-5-19(23)15-32-22-10-18(7-8-21(22)25(35)30(32)2)20-11-28-26(29-12-20)31-13-17(14-31)9-24(33)34/h3-8,10-12,16-17H,9,13-15H2,1-2H3,(H,33,34). The largest absolute Gasteiger partial charge is 0.481 e. The van der Waals surface area contributed by atoms with E-state index in [-0.39, 0.29) is 17.9 Å². The van der Waals surface area contributed by atoms with E-state index in [0.717, 1.165) is 22.2 Å². The molecule has 0 aliphatic carbocycles. The first-order valence-electron chi connectivity index (χ1n) is 11.7. The maximum atomic E-state index is 13.5. The molecular weight excluding hydrogens is 465 g/mol. The van der Waals surface area contributed by atoms with E-state index >= 15 is 0 Å². The number of carboxylic acids is 1. The van der Waals surface area contributed by atoms with Crippen LogP contribution in [0.4, 0.5) is 10.3 Å². The van der Waals surface area contributed by atoms with Gasteiger partial charge in [0.05, 0.1) is 23.9 Å². The van der Waals surface area contributed by atoms with Crippen LogP contribution in [0.15, 0.2) is 59.7 Å². The number of para-hydroxylation sites is 1. The van der Waals surface area contributed by atoms with Gasteiger partial charge in [-0.15, -0.1) is 0 Å². The van der Waals surface area contributed by atoms with Crippen LogP contribution in [0.5, 0.6) is 5.75 Å². The van der Waals surface area contributed by atoms with Gasteiger partial charge < -0.3 is 14.7 Å². The van der Waals surface area contributed by atoms with Crippen molar-refractivity contribution in [1.29, 1.82) is 0 Å². The highest BCUT2D eigenvalue weighted by atomic mass is 19.1. The summed E-state index contributed by atoms with van der Waals surface area (Å²) in [6, 6.07) is 12.8. The number of fused-ring (bicyclic) bond motifs is 1. The first-order valence-corrected chi connectivity index (χ1v) is 11.7. The van der Waals surface area contributed by atoms with Crippen LogP contribution in [0.25, 0.3) is 22.0 Å². The lowest BCUT2D eigenvalue weighted by molar-refractivity contribution is -0.138. The number of anilines is 1. The summed E-state index contributed by atoms with van der Waals surface area (Å²) in [7, 11) is 1.70. The molecule has 186 valence electrons. The van der Waals surface area contributed by atoms with Gasteiger partial charge in [-0.2, -0.15) is 0 Å². The van der Waals surface area contributed by atoms with Crippen LogP contribution in [0.3, 0.4) is 0 Å². The third-order valence-electron chi connectivity index (χ3n) is 6.42. The number of rotatable bonds is 8. The number of hydrogen-bond donors (Lipinski definition) is 1. The lowest BCUT2D eigenvalue weighted by atomic mass is 9.97. The van der Waals surface area contributed by atoms with Crippen molar-refractivity contribution in [3.8, 4) is 16.9 Å². The Morgan fingerprint density at radius 2 is 1.89 bits per heavy atom. The number of halogens is 1. The normalized spacial score (nSPS) is 14.6. The van der Waals surface area contributed by atoms with Crippen molar-refractivity contribution in [2.75, 3.05) is 18.0 Å². The Balaban J connectivity index is 1.43. The van der Waals surface area contributed by atoms with Gasteiger partial charge >= 0.3 is 5.97 Å². The van der Waals surface area contributed by atoms with Gasteiger partial charge in [-0.1, -0.05) is 24.3 Å². The Hall–Kier alpha value is -4.21. The van der Waals surface area contributed by atoms with Gasteiger partial charge in [-0.25, -0.2) is 14.4 Å². The first kappa shape index (κ1) is 23.5. The van der Waals surface area contributed by atoms with E-state index in [1.54, 1.807) is 42.3 Å². The number of benzene rings is 2. The number of ether oxygens (including phenoxy) is 1. The summed E-state index contributed by atoms with van der Waals surface area (Å²) in [6.45, 7) is 2.90. The molecule has 1 N–H and O–H groups in total. The third kappa shape index (κ3) is 4.53. The number of nitrogens with zero attached hydrogens (tertiary/aromatic N) is 5. The summed E-state index contributed by atoms with van der Waals surface area (Å²) in [4.78, 5) is 34.6. The fraction of sp³-hybridized carbons (Fsp3) is 0.308. The molecule has 1 atom stereocenters. The van der Waals surface area contributed by atoms with Crippen molar-refractivity contribution in [1.82, 2.24) is 19.3 Å². The summed E-state index contributed by atoms with van der Waals surface area (Å²) in [5.41, 5.74) is 2.99. The van der Waals surface area contributed by atoms with E-state index in [9.17, 15) is 14.0 Å². The third-order valence-corrected chi connectivity index (χ3v) is 6.42. The van der Waals surface area contributed by atoms with Gasteiger partial charge in [0.2, 0.25) is 12.3 Å². The summed E-state index contributed by atoms with van der Waals surface area (Å²) >= 11 is 0. The average molecular weight is 492 g/mol. The summed E-state index contributed by atoms with van der Waals surface area (Å²) in [5.74, 6) is 0.320. The highest BCUT2D eigenvalue weighted by Crippen LogP contribution is 2.28. The second-order valence-corrected chi connectivity index (χ2v) is 9.03. The fourth-order valence-electron chi connectivity index (χ4n) is 4.57. The molecule has 1 fully saturated rings. The molecule has 36 heavy (non-hydrogen) atoms. The number of aromatic nitrogens is 4. The zero-order chi connectivity index (χ0) is 25.4. The van der Waals surface area contributed by atoms with Gasteiger partial charge in [0, 0.05) is 56.5 Å². The number of hydrogen-bond acceptors (Lipinski definition) is 6. The van der Waals surface area contributed by atoms with Crippen molar-refractivity contribution in [3.05, 3.63) is 70.8 Å². The van der Waals surface area contributed by atoms with Crippen LogP contribution < -0.4 is 15.2 Å². The van der Waals surface area contributed by atoms with E-state index in [2.05, 4.69) is 9.97 Å². The highest BCUT2D eigenvalue weighted by molar-refractivity contribution is 5.84. The SMILES string of the molecule is CC(F)Oc1ccccc1Cn1c2cc(-c3cnc(N4CC(CC(=O)O)C4)nc3)ccc2c(=O)n1C. The molecule has 9 nitrogen and oxygen atoms in total. The highest BCUT2D eigenvalue weighted by Gasteiger charge is 2.30. The van der Waals surface area contributed by atoms with Gasteiger partial charge in [0.25, 0.3) is 5.56 Å². The van der Waals surface area contributed by atoms with Gasteiger partial charge in [-0.3, -0.25) is 19.0 Å². The molecule has 1 aliphatic rings. The summed E-state index contributed by atoms with van der Waals surface area (Å²) in [6.07, 6.45) is 2.15. The topological polar surface area (TPSA) is 102 Å². The minimum atomic E-state index is -1.45. The molecule has 1 aliphatic heterocycles. The summed E-state index contributed by atoms with van der Waals surface area (Å²) in [5, 5.41) is 9.49. The average Bonchev–Trinajstić information content (AvgIpc) is 3.06. The molecule has 0 spiro atoms. The quantitative estimate of drug-likeness (QED) is 0.403. The number of carbonyl (C=O) groups is 1. The molecular formula is C26H26FN5O4. The fourth-order valence-corrected chi connectivity index (χ4v) is 4.57. The molecule has 0 radical (unpaired) electrons. The van der Waals surface area contributed by atoms with Gasteiger partial charge in [0.1, 0.15) is 5.75 Å². The van der Waals surface area contributed by atoms with Crippen LogP contribution in [0, 0.1) is 5.92 Å². The second-order valence-electron chi connectivity index (χ2n) is 9.03. The number of alkyl halides is 1. The molecule has 0 bridgehead atoms. The molecule has 1 unspecified atom stereocenters. The lowest BCUT2D eigenvalue weighted by Gasteiger charge is -2.38. The first-order chi connectivity index (χ1) is 17.3. The van der Waals surface area contributed by atoms with Crippen LogP contribution in [0.2, 0.25) is 0 Å². The molecule has 10 heteroatoms. The van der Waals surface area contributed by atoms with Crippen molar-refractivity contribution >= 4 is 22.8 Å². The van der Waals surface area contributed by atoms with E-state index in [1.165, 1.54) is 6.92 Å². The van der Waals surface area contributed by atoms with Gasteiger partial charge in [0.15, 0.2) is 0 Å². The molecule has 0 saturated carbocycles. The van der Waals surface area contributed by atoms with Crippen LogP contribution in [-0.2, 0) is 18.4 Å². The predicted molar refractivity (Wildman–Crippen MR) is 133 cm³/mol. The van der Waals surface area contributed by atoms with E-state index < -0.39 is 12.3 Å². The van der Waals surface area contributed by atoms with E-state index in [0.29, 0.717) is 36.7 Å². The minimum absolute atomic E-state index is 0.117. The maximum absolute atomic E-state index is 13.5. The summed E-state index contributed by atoms with van der Waals surface area (Å²) < 4.78 is 22.2. The van der Waals surface area contributed by atoms with Crippen molar-refractivity contribution in [2.45, 2.75) is 26.2 Å². The monoisotopic (exact) mass is 491 g/mol. The Morgan fingerprint density at radius 1 is 1.17 bits per heavy atom. The molecule has 0 amide bonds. The van der Waals surface area contributed by atoms with Crippen LogP contribution in [0.1, 0.15) is 18.9 Å². The smallest absolute Gasteiger partial charge is 0.303 e. The maximum Gasteiger partial charge on any atom is 0.303 e. The molecule has 4 aromatic rings. The predicted octanol–water partition coefficient (Wildman–Crippen LogP) is 3.45. The van der Waals surface area contributed by atoms with Crippen LogP contribution >= 0.6 is 0 Å². The number of carboxylic acid groups (broad SMARTS) is 1. The minimum Gasteiger partial charge on any atom is -0.481 e. The molecule has 2 aromatic heterocycles. The van der Waals surface area contributed by atoms with Crippen molar-refractivity contribution < 1.29 is 19.0 Å². The molecule has 3 heterocycles. The van der Waals surface area contributed by atoms with Crippen molar-refractivity contribution in [2.24, 2.45) is 13.0 Å². The molecule has 2 aromatic carbocycles. The van der Waals surface area contributed by atoms with E-state index in [4.69, 9.17) is 9.84 Å². The Kier molecular flexibility index (Phi) is 6.17.